The zero-order chi connectivity index (χ0) is 16.9. The standard InChI is InChI=1S/C18H17ClN2O2S/c1-18-10-13(12-5-3-4-6-15(12)23-18)20-17(24)21(18)14-9-11(19)7-8-16(14)22-2/h3-9,13H,10H2,1-2H3,(H,20,24). The van der Waals surface area contributed by atoms with Crippen LogP contribution in [0, 0.1) is 0 Å². The summed E-state index contributed by atoms with van der Waals surface area (Å²) in [6.45, 7) is 2.05. The van der Waals surface area contributed by atoms with Crippen LogP contribution >= 0.6 is 23.8 Å². The Bertz CT molecular complexity index is 828. The number of methoxy groups -OCH3 is 1. The average molecular weight is 361 g/mol. The summed E-state index contributed by atoms with van der Waals surface area (Å²) in [5, 5.41) is 4.65. The minimum Gasteiger partial charge on any atom is -0.495 e. The van der Waals surface area contributed by atoms with E-state index in [4.69, 9.17) is 33.3 Å². The third-order valence-corrected chi connectivity index (χ3v) is 5.10. The van der Waals surface area contributed by atoms with Crippen molar-refractivity contribution in [1.29, 1.82) is 0 Å². The van der Waals surface area contributed by atoms with Gasteiger partial charge in [-0.05, 0) is 43.4 Å². The molecule has 4 rings (SSSR count). The molecule has 2 heterocycles. The molecule has 0 radical (unpaired) electrons. The summed E-state index contributed by atoms with van der Waals surface area (Å²) < 4.78 is 11.9. The van der Waals surface area contributed by atoms with Crippen molar-refractivity contribution in [3.8, 4) is 11.5 Å². The van der Waals surface area contributed by atoms with Gasteiger partial charge in [0.25, 0.3) is 0 Å². The summed E-state index contributed by atoms with van der Waals surface area (Å²) in [6.07, 6.45) is 0.764. The average Bonchev–Trinajstić information content (AvgIpc) is 2.54. The Hall–Kier alpha value is -1.98. The monoisotopic (exact) mass is 360 g/mol. The van der Waals surface area contributed by atoms with E-state index in [1.165, 1.54) is 0 Å². The Morgan fingerprint density at radius 3 is 2.92 bits per heavy atom. The van der Waals surface area contributed by atoms with Crippen molar-refractivity contribution in [3.63, 3.8) is 0 Å². The first kappa shape index (κ1) is 15.5. The fourth-order valence-electron chi connectivity index (χ4n) is 3.52. The molecule has 124 valence electrons. The van der Waals surface area contributed by atoms with Crippen LogP contribution in [0.25, 0.3) is 0 Å². The van der Waals surface area contributed by atoms with E-state index in [-0.39, 0.29) is 6.04 Å². The maximum atomic E-state index is 6.37. The minimum absolute atomic E-state index is 0.133. The predicted octanol–water partition coefficient (Wildman–Crippen LogP) is 4.28. The minimum atomic E-state index is -0.612. The number of benzene rings is 2. The van der Waals surface area contributed by atoms with Gasteiger partial charge in [-0.15, -0.1) is 0 Å². The highest BCUT2D eigenvalue weighted by atomic mass is 35.5. The molecule has 6 heteroatoms. The van der Waals surface area contributed by atoms with Gasteiger partial charge in [-0.1, -0.05) is 29.8 Å². The lowest BCUT2D eigenvalue weighted by Crippen LogP contribution is -2.65. The fraction of sp³-hybridized carbons (Fsp3) is 0.278. The molecule has 2 unspecified atom stereocenters. The number of hydrogen-bond acceptors (Lipinski definition) is 3. The van der Waals surface area contributed by atoms with Gasteiger partial charge in [0.15, 0.2) is 10.8 Å². The molecule has 0 spiro atoms. The van der Waals surface area contributed by atoms with Crippen LogP contribution < -0.4 is 19.7 Å². The topological polar surface area (TPSA) is 33.7 Å². The van der Waals surface area contributed by atoms with E-state index in [1.807, 2.05) is 42.2 Å². The molecule has 0 aliphatic carbocycles. The first-order chi connectivity index (χ1) is 11.5. The predicted molar refractivity (Wildman–Crippen MR) is 99.0 cm³/mol. The molecule has 2 aromatic rings. The van der Waals surface area contributed by atoms with Crippen LogP contribution in [0.5, 0.6) is 11.5 Å². The number of fused-ring (bicyclic) bond motifs is 4. The van der Waals surface area contributed by atoms with Crippen molar-refractivity contribution in [2.45, 2.75) is 25.1 Å². The molecule has 0 saturated carbocycles. The fourth-order valence-corrected chi connectivity index (χ4v) is 4.12. The van der Waals surface area contributed by atoms with Crippen molar-refractivity contribution < 1.29 is 9.47 Å². The zero-order valence-electron chi connectivity index (χ0n) is 13.4. The number of halogens is 1. The van der Waals surface area contributed by atoms with Gasteiger partial charge in [0, 0.05) is 17.0 Å². The van der Waals surface area contributed by atoms with E-state index in [2.05, 4.69) is 11.4 Å². The van der Waals surface area contributed by atoms with Gasteiger partial charge >= 0.3 is 0 Å². The highest BCUT2D eigenvalue weighted by Gasteiger charge is 2.48. The Kier molecular flexibility index (Phi) is 3.58. The lowest BCUT2D eigenvalue weighted by Gasteiger charge is -2.52. The van der Waals surface area contributed by atoms with E-state index in [1.54, 1.807) is 13.2 Å². The third-order valence-electron chi connectivity index (χ3n) is 4.56. The van der Waals surface area contributed by atoms with Gasteiger partial charge in [-0.25, -0.2) is 0 Å². The second-order valence-electron chi connectivity index (χ2n) is 6.17. The van der Waals surface area contributed by atoms with Crippen molar-refractivity contribution in [1.82, 2.24) is 5.32 Å². The molecule has 2 aromatic carbocycles. The van der Waals surface area contributed by atoms with Crippen LogP contribution in [0.2, 0.25) is 5.02 Å². The van der Waals surface area contributed by atoms with Crippen LogP contribution in [0.15, 0.2) is 42.5 Å². The van der Waals surface area contributed by atoms with E-state index in [0.717, 1.165) is 23.4 Å². The third kappa shape index (κ3) is 2.31. The number of nitrogens with zero attached hydrogens (tertiary/aromatic N) is 1. The number of nitrogens with one attached hydrogen (secondary N) is 1. The SMILES string of the molecule is COc1ccc(Cl)cc1N1C(=S)NC2CC1(C)Oc1ccccc12. The molecular formula is C18H17ClN2O2S. The summed E-state index contributed by atoms with van der Waals surface area (Å²) in [5.74, 6) is 1.57. The smallest absolute Gasteiger partial charge is 0.188 e. The molecule has 0 aromatic heterocycles. The number of hydrogen-bond donors (Lipinski definition) is 1. The number of para-hydroxylation sites is 1. The van der Waals surface area contributed by atoms with E-state index in [9.17, 15) is 0 Å². The van der Waals surface area contributed by atoms with Crippen LogP contribution in [0.1, 0.15) is 24.9 Å². The highest BCUT2D eigenvalue weighted by molar-refractivity contribution is 7.80. The molecule has 2 atom stereocenters. The Morgan fingerprint density at radius 1 is 1.33 bits per heavy atom. The van der Waals surface area contributed by atoms with Crippen molar-refractivity contribution in [2.75, 3.05) is 12.0 Å². The largest absolute Gasteiger partial charge is 0.495 e. The molecular weight excluding hydrogens is 344 g/mol. The second-order valence-corrected chi connectivity index (χ2v) is 7.00. The Labute approximate surface area is 151 Å². The first-order valence-corrected chi connectivity index (χ1v) is 8.53. The van der Waals surface area contributed by atoms with Crippen LogP contribution in [-0.2, 0) is 0 Å². The maximum absolute atomic E-state index is 6.37. The normalized spacial score (nSPS) is 24.7. The summed E-state index contributed by atoms with van der Waals surface area (Å²) in [4.78, 5) is 1.96. The zero-order valence-corrected chi connectivity index (χ0v) is 14.9. The van der Waals surface area contributed by atoms with Gasteiger partial charge in [-0.2, -0.15) is 0 Å². The van der Waals surface area contributed by atoms with E-state index in [0.29, 0.717) is 15.9 Å². The number of thiocarbonyl (C=S) groups is 1. The van der Waals surface area contributed by atoms with E-state index >= 15 is 0 Å². The molecule has 2 aliphatic heterocycles. The van der Waals surface area contributed by atoms with Gasteiger partial charge in [0.1, 0.15) is 11.5 Å². The molecule has 1 N–H and O–H groups in total. The van der Waals surface area contributed by atoms with Gasteiger partial charge in [-0.3, -0.25) is 4.90 Å². The Balaban J connectivity index is 1.84. The quantitative estimate of drug-likeness (QED) is 0.808. The van der Waals surface area contributed by atoms with Crippen molar-refractivity contribution >= 4 is 34.6 Å². The summed E-state index contributed by atoms with van der Waals surface area (Å²) in [5.41, 5.74) is 1.32. The number of ether oxygens (including phenoxy) is 2. The molecule has 0 amide bonds. The summed E-state index contributed by atoms with van der Waals surface area (Å²) in [7, 11) is 1.63. The second kappa shape index (κ2) is 5.53. The highest BCUT2D eigenvalue weighted by Crippen LogP contribution is 2.47. The lowest BCUT2D eigenvalue weighted by atomic mass is 9.90. The molecule has 1 saturated heterocycles. The number of anilines is 1. The van der Waals surface area contributed by atoms with Crippen molar-refractivity contribution in [3.05, 3.63) is 53.1 Å². The van der Waals surface area contributed by atoms with Gasteiger partial charge in [0.2, 0.25) is 0 Å². The molecule has 1 fully saturated rings. The molecule has 2 aliphatic rings. The number of rotatable bonds is 2. The summed E-state index contributed by atoms with van der Waals surface area (Å²) in [6, 6.07) is 13.7. The van der Waals surface area contributed by atoms with E-state index < -0.39 is 5.72 Å². The van der Waals surface area contributed by atoms with Gasteiger partial charge in [0.05, 0.1) is 18.8 Å². The van der Waals surface area contributed by atoms with Gasteiger partial charge < -0.3 is 14.8 Å². The van der Waals surface area contributed by atoms with Crippen LogP contribution in [-0.4, -0.2) is 17.9 Å². The molecule has 2 bridgehead atoms. The lowest BCUT2D eigenvalue weighted by molar-refractivity contribution is 0.0494. The van der Waals surface area contributed by atoms with Crippen LogP contribution in [0.3, 0.4) is 0 Å². The first-order valence-electron chi connectivity index (χ1n) is 7.74. The van der Waals surface area contributed by atoms with Crippen molar-refractivity contribution in [2.24, 2.45) is 0 Å². The molecule has 24 heavy (non-hydrogen) atoms. The Morgan fingerprint density at radius 2 is 2.12 bits per heavy atom. The summed E-state index contributed by atoms with van der Waals surface area (Å²) >= 11 is 11.9. The maximum Gasteiger partial charge on any atom is 0.188 e. The van der Waals surface area contributed by atoms with Crippen LogP contribution in [0.4, 0.5) is 5.69 Å². The molecule has 4 nitrogen and oxygen atoms in total.